The molecule has 7 heavy (non-hydrogen) atoms. The fraction of sp³-hybridized carbons (Fsp3) is 1.00. The van der Waals surface area contributed by atoms with E-state index in [0.717, 1.165) is 0 Å². The summed E-state index contributed by atoms with van der Waals surface area (Å²) < 4.78 is 30.3. The van der Waals surface area contributed by atoms with E-state index in [4.69, 9.17) is 0 Å². The minimum atomic E-state index is -2.06. The van der Waals surface area contributed by atoms with Gasteiger partial charge < -0.3 is 4.55 Å². The molecule has 0 bridgehead atoms. The van der Waals surface area contributed by atoms with Crippen LogP contribution < -0.4 is 0 Å². The second-order valence-electron chi connectivity index (χ2n) is 1.05. The predicted octanol–water partition coefficient (Wildman–Crippen LogP) is 0.225. The lowest BCUT2D eigenvalue weighted by Gasteiger charge is -1.98. The molecule has 1 unspecified atom stereocenters. The van der Waals surface area contributed by atoms with Crippen molar-refractivity contribution in [1.29, 1.82) is 0 Å². The number of rotatable bonds is 3. The SMILES string of the molecule is O=S([O-])CCCF. The van der Waals surface area contributed by atoms with Gasteiger partial charge in [-0.3, -0.25) is 8.60 Å². The lowest BCUT2D eigenvalue weighted by molar-refractivity contribution is 0.478. The lowest BCUT2D eigenvalue weighted by Crippen LogP contribution is -1.94. The predicted molar refractivity (Wildman–Crippen MR) is 24.4 cm³/mol. The van der Waals surface area contributed by atoms with Crippen molar-refractivity contribution in [3.05, 3.63) is 0 Å². The molecule has 0 saturated carbocycles. The summed E-state index contributed by atoms with van der Waals surface area (Å²) in [5.74, 6) is -0.0590. The largest absolute Gasteiger partial charge is 0.772 e. The summed E-state index contributed by atoms with van der Waals surface area (Å²) in [5, 5.41) is 0. The van der Waals surface area contributed by atoms with Crippen LogP contribution in [0.3, 0.4) is 0 Å². The minimum Gasteiger partial charge on any atom is -0.772 e. The van der Waals surface area contributed by atoms with Gasteiger partial charge in [0.05, 0.1) is 6.67 Å². The second kappa shape index (κ2) is 4.21. The zero-order valence-electron chi connectivity index (χ0n) is 3.72. The van der Waals surface area contributed by atoms with Crippen LogP contribution in [0.2, 0.25) is 0 Å². The van der Waals surface area contributed by atoms with Crippen LogP contribution in [0, 0.1) is 0 Å². The van der Waals surface area contributed by atoms with Crippen LogP contribution in [0.1, 0.15) is 6.42 Å². The molecule has 0 amide bonds. The van der Waals surface area contributed by atoms with Crippen LogP contribution in [-0.2, 0) is 11.1 Å². The first-order valence-corrected chi connectivity index (χ1v) is 3.13. The summed E-state index contributed by atoms with van der Waals surface area (Å²) in [6.45, 7) is -0.548. The van der Waals surface area contributed by atoms with Crippen molar-refractivity contribution in [1.82, 2.24) is 0 Å². The van der Waals surface area contributed by atoms with E-state index in [1.165, 1.54) is 0 Å². The van der Waals surface area contributed by atoms with E-state index in [1.54, 1.807) is 0 Å². The molecule has 0 aromatic heterocycles. The number of hydrogen-bond acceptors (Lipinski definition) is 2. The van der Waals surface area contributed by atoms with Gasteiger partial charge >= 0.3 is 0 Å². The van der Waals surface area contributed by atoms with Gasteiger partial charge in [0.15, 0.2) is 0 Å². The molecule has 0 N–H and O–H groups in total. The molecule has 0 aromatic carbocycles. The highest BCUT2D eigenvalue weighted by Gasteiger charge is 1.81. The molecule has 0 aromatic rings. The molecule has 0 spiro atoms. The maximum Gasteiger partial charge on any atom is 0.0902 e. The third-order valence-electron chi connectivity index (χ3n) is 0.445. The van der Waals surface area contributed by atoms with Crippen LogP contribution in [0.25, 0.3) is 0 Å². The molecule has 0 heterocycles. The summed E-state index contributed by atoms with van der Waals surface area (Å²) in [6, 6.07) is 0. The number of halogens is 1. The first-order chi connectivity index (χ1) is 3.27. The van der Waals surface area contributed by atoms with Gasteiger partial charge in [-0.15, -0.1) is 0 Å². The van der Waals surface area contributed by atoms with Crippen LogP contribution in [-0.4, -0.2) is 21.2 Å². The Kier molecular flexibility index (Phi) is 4.23. The summed E-state index contributed by atoms with van der Waals surface area (Å²) in [7, 11) is 0. The maximum absolute atomic E-state index is 11.1. The first kappa shape index (κ1) is 7.04. The highest BCUT2D eigenvalue weighted by Crippen LogP contribution is 1.81. The summed E-state index contributed by atoms with van der Waals surface area (Å²) >= 11 is -2.06. The molecule has 44 valence electrons. The molecule has 0 radical (unpaired) electrons. The van der Waals surface area contributed by atoms with Gasteiger partial charge in [0.25, 0.3) is 0 Å². The second-order valence-corrected chi connectivity index (χ2v) is 2.07. The van der Waals surface area contributed by atoms with Gasteiger partial charge in [-0.2, -0.15) is 0 Å². The van der Waals surface area contributed by atoms with Crippen LogP contribution in [0.15, 0.2) is 0 Å². The van der Waals surface area contributed by atoms with E-state index in [9.17, 15) is 13.2 Å². The Morgan fingerprint density at radius 1 is 1.71 bits per heavy atom. The quantitative estimate of drug-likeness (QED) is 0.506. The van der Waals surface area contributed by atoms with E-state index in [-0.39, 0.29) is 12.2 Å². The molecule has 0 aliphatic rings. The van der Waals surface area contributed by atoms with Crippen molar-refractivity contribution in [2.24, 2.45) is 0 Å². The molecule has 2 nitrogen and oxygen atoms in total. The van der Waals surface area contributed by atoms with Crippen molar-refractivity contribution in [3.8, 4) is 0 Å². The number of alkyl halides is 1. The fourth-order valence-corrected chi connectivity index (χ4v) is 0.517. The van der Waals surface area contributed by atoms with Crippen molar-refractivity contribution < 1.29 is 13.2 Å². The summed E-state index contributed by atoms with van der Waals surface area (Å²) in [6.07, 6.45) is 0.121. The van der Waals surface area contributed by atoms with Crippen molar-refractivity contribution >= 4 is 11.1 Å². The molecular weight excluding hydrogens is 119 g/mol. The van der Waals surface area contributed by atoms with Crippen molar-refractivity contribution in [3.63, 3.8) is 0 Å². The third kappa shape index (κ3) is 6.04. The lowest BCUT2D eigenvalue weighted by atomic mass is 10.6. The molecule has 1 atom stereocenters. The normalized spacial score (nSPS) is 14.0. The topological polar surface area (TPSA) is 40.1 Å². The maximum atomic E-state index is 11.1. The molecule has 0 aliphatic heterocycles. The molecular formula is C3H6FO2S-. The van der Waals surface area contributed by atoms with Gasteiger partial charge in [0.1, 0.15) is 0 Å². The van der Waals surface area contributed by atoms with Gasteiger partial charge in [-0.25, -0.2) is 0 Å². The molecule has 0 saturated heterocycles. The van der Waals surface area contributed by atoms with Gasteiger partial charge in [0.2, 0.25) is 0 Å². The Hall–Kier alpha value is 0.0400. The highest BCUT2D eigenvalue weighted by molar-refractivity contribution is 7.79. The Bertz CT molecular complexity index is 66.0. The zero-order valence-corrected chi connectivity index (χ0v) is 4.54. The molecule has 4 heteroatoms. The molecule has 0 fully saturated rings. The van der Waals surface area contributed by atoms with Gasteiger partial charge in [-0.1, -0.05) is 11.1 Å². The van der Waals surface area contributed by atoms with E-state index in [1.807, 2.05) is 0 Å². The van der Waals surface area contributed by atoms with E-state index < -0.39 is 17.8 Å². The molecule has 0 aliphatic carbocycles. The summed E-state index contributed by atoms with van der Waals surface area (Å²) in [4.78, 5) is 0. The van der Waals surface area contributed by atoms with E-state index >= 15 is 0 Å². The average molecular weight is 125 g/mol. The number of hydrogen-bond donors (Lipinski definition) is 0. The first-order valence-electron chi connectivity index (χ1n) is 1.89. The van der Waals surface area contributed by atoms with Crippen molar-refractivity contribution in [2.45, 2.75) is 6.42 Å². The van der Waals surface area contributed by atoms with Gasteiger partial charge in [-0.05, 0) is 6.42 Å². The third-order valence-corrected chi connectivity index (χ3v) is 1.07. The Morgan fingerprint density at radius 3 is 2.43 bits per heavy atom. The monoisotopic (exact) mass is 125 g/mol. The zero-order chi connectivity index (χ0) is 5.70. The van der Waals surface area contributed by atoms with Crippen LogP contribution >= 0.6 is 0 Å². The average Bonchev–Trinajstić information content (AvgIpc) is 1.61. The highest BCUT2D eigenvalue weighted by atomic mass is 32.2. The minimum absolute atomic E-state index is 0.0590. The van der Waals surface area contributed by atoms with Crippen LogP contribution in [0.4, 0.5) is 4.39 Å². The summed E-state index contributed by atoms with van der Waals surface area (Å²) in [5.41, 5.74) is 0. The Morgan fingerprint density at radius 2 is 2.29 bits per heavy atom. The standard InChI is InChI=1S/C3H7FO2S/c4-2-1-3-7(5)6/h1-3H2,(H,5,6)/p-1. The fourth-order valence-electron chi connectivity index (χ4n) is 0.172. The Labute approximate surface area is 44.0 Å². The van der Waals surface area contributed by atoms with E-state index in [2.05, 4.69) is 0 Å². The van der Waals surface area contributed by atoms with Crippen LogP contribution in [0.5, 0.6) is 0 Å². The van der Waals surface area contributed by atoms with E-state index in [0.29, 0.717) is 0 Å². The van der Waals surface area contributed by atoms with Crippen molar-refractivity contribution in [2.75, 3.05) is 12.4 Å². The Balaban J connectivity index is 2.82. The molecule has 0 rings (SSSR count). The smallest absolute Gasteiger partial charge is 0.0902 e. The van der Waals surface area contributed by atoms with Gasteiger partial charge in [0, 0.05) is 5.75 Å².